The summed E-state index contributed by atoms with van der Waals surface area (Å²) in [6.07, 6.45) is 1.39. The summed E-state index contributed by atoms with van der Waals surface area (Å²) >= 11 is 0. The van der Waals surface area contributed by atoms with Crippen molar-refractivity contribution in [2.24, 2.45) is 0 Å². The molecule has 1 aromatic heterocycles. The van der Waals surface area contributed by atoms with Gasteiger partial charge < -0.3 is 10.0 Å². The van der Waals surface area contributed by atoms with Gasteiger partial charge >= 0.3 is 0 Å². The molecule has 146 valence electrons. The third-order valence-electron chi connectivity index (χ3n) is 4.38. The predicted octanol–water partition coefficient (Wildman–Crippen LogP) is -0.132. The number of carbonyl (C=O) groups excluding carboxylic acids is 1. The molecule has 1 aliphatic heterocycles. The number of amides is 1. The van der Waals surface area contributed by atoms with Gasteiger partial charge in [0.25, 0.3) is 5.91 Å². The third-order valence-corrected chi connectivity index (χ3v) is 5.68. The molecule has 1 fully saturated rings. The van der Waals surface area contributed by atoms with Gasteiger partial charge in [-0.05, 0) is 6.07 Å². The molecule has 3 rings (SSSR count). The zero-order valence-corrected chi connectivity index (χ0v) is 15.5. The van der Waals surface area contributed by atoms with Gasteiger partial charge in [0.05, 0.1) is 19.0 Å². The van der Waals surface area contributed by atoms with Crippen LogP contribution < -0.4 is 0 Å². The molecule has 9 nitrogen and oxygen atoms in total. The monoisotopic (exact) mass is 397 g/mol. The van der Waals surface area contributed by atoms with E-state index < -0.39 is 21.9 Å². The fraction of sp³-hybridized carbons (Fsp3) is 0.438. The third kappa shape index (κ3) is 4.49. The lowest BCUT2D eigenvalue weighted by Gasteiger charge is -2.32. The summed E-state index contributed by atoms with van der Waals surface area (Å²) in [4.78, 5) is 14.0. The molecule has 1 atom stereocenters. The summed E-state index contributed by atoms with van der Waals surface area (Å²) in [5, 5.41) is 17.8. The van der Waals surface area contributed by atoms with Crippen molar-refractivity contribution in [1.29, 1.82) is 0 Å². The number of benzene rings is 1. The Morgan fingerprint density at radius 2 is 1.93 bits per heavy atom. The number of sulfonamides is 1. The number of hydrogen-bond acceptors (Lipinski definition) is 6. The highest BCUT2D eigenvalue weighted by Gasteiger charge is 2.28. The van der Waals surface area contributed by atoms with Crippen molar-refractivity contribution < 1.29 is 22.7 Å². The Morgan fingerprint density at radius 3 is 2.56 bits per heavy atom. The van der Waals surface area contributed by atoms with E-state index in [9.17, 15) is 22.7 Å². The van der Waals surface area contributed by atoms with Crippen LogP contribution in [0.5, 0.6) is 0 Å². The van der Waals surface area contributed by atoms with Crippen LogP contribution in [-0.4, -0.2) is 76.1 Å². The highest BCUT2D eigenvalue weighted by Crippen LogP contribution is 2.18. The van der Waals surface area contributed by atoms with Crippen LogP contribution in [0.2, 0.25) is 0 Å². The van der Waals surface area contributed by atoms with Crippen molar-refractivity contribution in [2.75, 3.05) is 32.4 Å². The Morgan fingerprint density at radius 1 is 1.26 bits per heavy atom. The lowest BCUT2D eigenvalue weighted by Crippen LogP contribution is -2.50. The van der Waals surface area contributed by atoms with Gasteiger partial charge in [0.2, 0.25) is 10.0 Å². The standard InChI is InChI=1S/C16H20FN5O4S/c1-27(25,26)22-8-6-20(7-9-22)16(24)14-10-21(19-18-14)11-15(23)12-4-2-3-5-13(12)17/h2-5,10,15,23H,6-9,11H2,1H3/t15-/m1/s1. The maximum atomic E-state index is 13.7. The molecule has 2 aromatic rings. The summed E-state index contributed by atoms with van der Waals surface area (Å²) in [6, 6.07) is 5.88. The molecule has 0 unspecified atom stereocenters. The Balaban J connectivity index is 1.62. The van der Waals surface area contributed by atoms with Crippen LogP contribution in [0.3, 0.4) is 0 Å². The van der Waals surface area contributed by atoms with Crippen molar-refractivity contribution in [3.8, 4) is 0 Å². The Labute approximate surface area is 156 Å². The molecule has 2 heterocycles. The number of piperazine rings is 1. The van der Waals surface area contributed by atoms with Crippen LogP contribution in [0.15, 0.2) is 30.5 Å². The molecule has 1 saturated heterocycles. The molecule has 1 N–H and O–H groups in total. The number of aromatic nitrogens is 3. The van der Waals surface area contributed by atoms with E-state index in [1.54, 1.807) is 6.07 Å². The topological polar surface area (TPSA) is 109 Å². The van der Waals surface area contributed by atoms with E-state index in [0.29, 0.717) is 0 Å². The molecular formula is C16H20FN5O4S. The first kappa shape index (κ1) is 19.4. The number of halogens is 1. The van der Waals surface area contributed by atoms with Crippen LogP contribution in [-0.2, 0) is 16.6 Å². The number of hydrogen-bond donors (Lipinski definition) is 1. The maximum Gasteiger partial charge on any atom is 0.276 e. The SMILES string of the molecule is CS(=O)(=O)N1CCN(C(=O)c2cn(C[C@@H](O)c3ccccc3F)nn2)CC1. The van der Waals surface area contributed by atoms with E-state index in [-0.39, 0.29) is 49.9 Å². The fourth-order valence-electron chi connectivity index (χ4n) is 2.89. The first-order valence-corrected chi connectivity index (χ1v) is 10.2. The number of nitrogens with zero attached hydrogens (tertiary/aromatic N) is 5. The van der Waals surface area contributed by atoms with Crippen LogP contribution in [0, 0.1) is 5.82 Å². The van der Waals surface area contributed by atoms with Gasteiger partial charge in [-0.15, -0.1) is 5.10 Å². The summed E-state index contributed by atoms with van der Waals surface area (Å²) in [7, 11) is -3.27. The first-order chi connectivity index (χ1) is 12.8. The molecule has 1 amide bonds. The average Bonchev–Trinajstić information content (AvgIpc) is 3.09. The zero-order valence-electron chi connectivity index (χ0n) is 14.7. The van der Waals surface area contributed by atoms with Crippen LogP contribution in [0.4, 0.5) is 4.39 Å². The number of carbonyl (C=O) groups is 1. The minimum atomic E-state index is -3.27. The van der Waals surface area contributed by atoms with Gasteiger partial charge in [0, 0.05) is 31.7 Å². The highest BCUT2D eigenvalue weighted by molar-refractivity contribution is 7.88. The molecule has 11 heteroatoms. The minimum Gasteiger partial charge on any atom is -0.386 e. The highest BCUT2D eigenvalue weighted by atomic mass is 32.2. The molecule has 1 aliphatic rings. The number of aliphatic hydroxyl groups excluding tert-OH is 1. The number of aliphatic hydroxyl groups is 1. The van der Waals surface area contributed by atoms with Crippen molar-refractivity contribution >= 4 is 15.9 Å². The van der Waals surface area contributed by atoms with Crippen molar-refractivity contribution in [2.45, 2.75) is 12.6 Å². The zero-order chi connectivity index (χ0) is 19.6. The van der Waals surface area contributed by atoms with E-state index in [0.717, 1.165) is 6.26 Å². The molecule has 1 aromatic carbocycles. The number of rotatable bonds is 5. The lowest BCUT2D eigenvalue weighted by atomic mass is 10.1. The van der Waals surface area contributed by atoms with Gasteiger partial charge in [-0.25, -0.2) is 17.5 Å². The van der Waals surface area contributed by atoms with Crippen LogP contribution in [0.1, 0.15) is 22.2 Å². The van der Waals surface area contributed by atoms with Gasteiger partial charge in [-0.2, -0.15) is 4.31 Å². The second-order valence-electron chi connectivity index (χ2n) is 6.32. The Hall–Kier alpha value is -2.37. The second-order valence-corrected chi connectivity index (χ2v) is 8.30. The predicted molar refractivity (Wildman–Crippen MR) is 93.7 cm³/mol. The Bertz CT molecular complexity index is 924. The van der Waals surface area contributed by atoms with Gasteiger partial charge in [0.15, 0.2) is 5.69 Å². The van der Waals surface area contributed by atoms with Crippen molar-refractivity contribution in [3.63, 3.8) is 0 Å². The van der Waals surface area contributed by atoms with Crippen molar-refractivity contribution in [1.82, 2.24) is 24.2 Å². The molecular weight excluding hydrogens is 377 g/mol. The average molecular weight is 397 g/mol. The smallest absolute Gasteiger partial charge is 0.276 e. The van der Waals surface area contributed by atoms with E-state index in [1.807, 2.05) is 0 Å². The first-order valence-electron chi connectivity index (χ1n) is 8.32. The Kier molecular flexibility index (Phi) is 5.53. The van der Waals surface area contributed by atoms with Gasteiger partial charge in [-0.1, -0.05) is 23.4 Å². The minimum absolute atomic E-state index is 0.0525. The largest absolute Gasteiger partial charge is 0.386 e. The molecule has 0 saturated carbocycles. The summed E-state index contributed by atoms with van der Waals surface area (Å²) < 4.78 is 39.4. The van der Waals surface area contributed by atoms with Crippen LogP contribution >= 0.6 is 0 Å². The second kappa shape index (κ2) is 7.71. The summed E-state index contributed by atoms with van der Waals surface area (Å²) in [5.74, 6) is -0.889. The molecule has 0 bridgehead atoms. The normalized spacial score (nSPS) is 17.1. The molecule has 27 heavy (non-hydrogen) atoms. The maximum absolute atomic E-state index is 13.7. The van der Waals surface area contributed by atoms with Crippen molar-refractivity contribution in [3.05, 3.63) is 47.5 Å². The van der Waals surface area contributed by atoms with Gasteiger partial charge in [0.1, 0.15) is 11.9 Å². The molecule has 0 spiro atoms. The van der Waals surface area contributed by atoms with E-state index in [1.165, 1.54) is 38.3 Å². The van der Waals surface area contributed by atoms with Gasteiger partial charge in [-0.3, -0.25) is 4.79 Å². The van der Waals surface area contributed by atoms with E-state index >= 15 is 0 Å². The van der Waals surface area contributed by atoms with Crippen LogP contribution in [0.25, 0.3) is 0 Å². The summed E-state index contributed by atoms with van der Waals surface area (Å²) in [5.41, 5.74) is 0.223. The molecule has 0 aliphatic carbocycles. The summed E-state index contributed by atoms with van der Waals surface area (Å²) in [6.45, 7) is 0.922. The fourth-order valence-corrected chi connectivity index (χ4v) is 3.72. The van der Waals surface area contributed by atoms with E-state index in [4.69, 9.17) is 0 Å². The quantitative estimate of drug-likeness (QED) is 0.753. The van der Waals surface area contributed by atoms with E-state index in [2.05, 4.69) is 10.3 Å². The molecule has 0 radical (unpaired) electrons. The lowest BCUT2D eigenvalue weighted by molar-refractivity contribution is 0.0692.